The van der Waals surface area contributed by atoms with Crippen LogP contribution in [0.5, 0.6) is 5.75 Å². The van der Waals surface area contributed by atoms with Gasteiger partial charge in [0.2, 0.25) is 5.78 Å². The summed E-state index contributed by atoms with van der Waals surface area (Å²) < 4.78 is 12.9. The normalized spacial score (nSPS) is 11.8. The van der Waals surface area contributed by atoms with Crippen molar-refractivity contribution in [1.82, 2.24) is 4.57 Å². The van der Waals surface area contributed by atoms with Crippen molar-refractivity contribution in [3.05, 3.63) is 52.8 Å². The first-order valence-corrected chi connectivity index (χ1v) is 7.81. The molecule has 1 heterocycles. The quantitative estimate of drug-likeness (QED) is 0.731. The molecule has 24 heavy (non-hydrogen) atoms. The first kappa shape index (κ1) is 17.8. The number of ether oxygens (including phenoxy) is 2. The number of hydrogen-bond acceptors (Lipinski definition) is 4. The van der Waals surface area contributed by atoms with E-state index < -0.39 is 0 Å². The molecular formula is C19H22N2O3. The number of nitrogens with zero attached hydrogens (tertiary/aromatic N) is 2. The van der Waals surface area contributed by atoms with Crippen LogP contribution in [0.3, 0.4) is 0 Å². The standard InChI is InChI=1S/C19H22N2O3/c1-13-8-18(15(3)21(13)14(2)11-23-4)19(22)12-24-17-7-5-6-16(9-17)10-20/h5-9,14H,11-12H2,1-4H3. The Morgan fingerprint density at radius 2 is 2.08 bits per heavy atom. The van der Waals surface area contributed by atoms with Crippen LogP contribution in [0.25, 0.3) is 0 Å². The Labute approximate surface area is 142 Å². The fourth-order valence-electron chi connectivity index (χ4n) is 2.94. The molecule has 0 amide bonds. The molecule has 0 aliphatic carbocycles. The molecule has 0 spiro atoms. The third kappa shape index (κ3) is 3.84. The van der Waals surface area contributed by atoms with Gasteiger partial charge in [0.25, 0.3) is 0 Å². The minimum Gasteiger partial charge on any atom is -0.485 e. The molecule has 1 aromatic heterocycles. The molecule has 0 radical (unpaired) electrons. The summed E-state index contributed by atoms with van der Waals surface area (Å²) in [6.07, 6.45) is 0. The van der Waals surface area contributed by atoms with Crippen LogP contribution < -0.4 is 4.74 Å². The van der Waals surface area contributed by atoms with E-state index in [4.69, 9.17) is 14.7 Å². The van der Waals surface area contributed by atoms with E-state index in [1.54, 1.807) is 31.4 Å². The van der Waals surface area contributed by atoms with Crippen LogP contribution in [-0.4, -0.2) is 30.7 Å². The van der Waals surface area contributed by atoms with E-state index in [0.717, 1.165) is 11.4 Å². The lowest BCUT2D eigenvalue weighted by Crippen LogP contribution is -2.16. The average Bonchev–Trinajstić information content (AvgIpc) is 2.87. The maximum atomic E-state index is 12.5. The SMILES string of the molecule is COCC(C)n1c(C)cc(C(=O)COc2cccc(C#N)c2)c1C. The largest absolute Gasteiger partial charge is 0.485 e. The van der Waals surface area contributed by atoms with Gasteiger partial charge < -0.3 is 14.0 Å². The molecular weight excluding hydrogens is 304 g/mol. The number of carbonyl (C=O) groups excluding carboxylic acids is 1. The van der Waals surface area contributed by atoms with Crippen LogP contribution in [0.15, 0.2) is 30.3 Å². The predicted molar refractivity (Wildman–Crippen MR) is 91.5 cm³/mol. The molecule has 5 nitrogen and oxygen atoms in total. The first-order chi connectivity index (χ1) is 11.5. The summed E-state index contributed by atoms with van der Waals surface area (Å²) in [6.45, 7) is 6.50. The number of Topliss-reactive ketones (excluding diaryl/α,β-unsaturated/α-hetero) is 1. The van der Waals surface area contributed by atoms with Crippen LogP contribution in [0, 0.1) is 25.2 Å². The van der Waals surface area contributed by atoms with Gasteiger partial charge in [0.1, 0.15) is 5.75 Å². The van der Waals surface area contributed by atoms with Crippen molar-refractivity contribution in [2.75, 3.05) is 20.3 Å². The zero-order valence-electron chi connectivity index (χ0n) is 14.5. The van der Waals surface area contributed by atoms with Crippen LogP contribution in [0.2, 0.25) is 0 Å². The van der Waals surface area contributed by atoms with E-state index >= 15 is 0 Å². The van der Waals surface area contributed by atoms with Crippen molar-refractivity contribution < 1.29 is 14.3 Å². The number of rotatable bonds is 7. The molecule has 1 aromatic carbocycles. The lowest BCUT2D eigenvalue weighted by molar-refractivity contribution is 0.0920. The minimum atomic E-state index is -0.0821. The van der Waals surface area contributed by atoms with Crippen LogP contribution in [-0.2, 0) is 4.74 Å². The highest BCUT2D eigenvalue weighted by atomic mass is 16.5. The number of methoxy groups -OCH3 is 1. The van der Waals surface area contributed by atoms with Gasteiger partial charge in [-0.3, -0.25) is 4.79 Å². The fraction of sp³-hybridized carbons (Fsp3) is 0.368. The molecule has 0 aliphatic heterocycles. The van der Waals surface area contributed by atoms with Crippen molar-refractivity contribution in [3.63, 3.8) is 0 Å². The van der Waals surface area contributed by atoms with E-state index in [9.17, 15) is 4.79 Å². The number of aryl methyl sites for hydroxylation is 1. The molecule has 2 rings (SSSR count). The second-order valence-corrected chi connectivity index (χ2v) is 5.81. The maximum Gasteiger partial charge on any atom is 0.202 e. The highest BCUT2D eigenvalue weighted by Gasteiger charge is 2.19. The molecule has 0 N–H and O–H groups in total. The van der Waals surface area contributed by atoms with Crippen LogP contribution >= 0.6 is 0 Å². The minimum absolute atomic E-state index is 0.0577. The molecule has 2 aromatic rings. The van der Waals surface area contributed by atoms with Crippen molar-refractivity contribution in [2.45, 2.75) is 26.8 Å². The van der Waals surface area contributed by atoms with Crippen molar-refractivity contribution >= 4 is 5.78 Å². The summed E-state index contributed by atoms with van der Waals surface area (Å²) >= 11 is 0. The summed E-state index contributed by atoms with van der Waals surface area (Å²) in [5.41, 5.74) is 3.10. The lowest BCUT2D eigenvalue weighted by atomic mass is 10.1. The number of nitriles is 1. The Hall–Kier alpha value is -2.58. The van der Waals surface area contributed by atoms with Crippen molar-refractivity contribution in [3.8, 4) is 11.8 Å². The van der Waals surface area contributed by atoms with Gasteiger partial charge in [-0.2, -0.15) is 5.26 Å². The number of benzene rings is 1. The Morgan fingerprint density at radius 3 is 2.75 bits per heavy atom. The highest BCUT2D eigenvalue weighted by molar-refractivity contribution is 5.98. The van der Waals surface area contributed by atoms with Crippen molar-refractivity contribution in [2.24, 2.45) is 0 Å². The van der Waals surface area contributed by atoms with E-state index in [1.165, 1.54) is 0 Å². The molecule has 0 saturated heterocycles. The zero-order valence-corrected chi connectivity index (χ0v) is 14.5. The van der Waals surface area contributed by atoms with E-state index in [0.29, 0.717) is 23.5 Å². The Morgan fingerprint density at radius 1 is 1.33 bits per heavy atom. The van der Waals surface area contributed by atoms with Gasteiger partial charge in [0.15, 0.2) is 6.61 Å². The van der Waals surface area contributed by atoms with Gasteiger partial charge >= 0.3 is 0 Å². The van der Waals surface area contributed by atoms with Crippen LogP contribution in [0.4, 0.5) is 0 Å². The highest BCUT2D eigenvalue weighted by Crippen LogP contribution is 2.21. The monoisotopic (exact) mass is 326 g/mol. The number of carbonyl (C=O) groups is 1. The average molecular weight is 326 g/mol. The topological polar surface area (TPSA) is 64.2 Å². The van der Waals surface area contributed by atoms with E-state index in [-0.39, 0.29) is 18.4 Å². The van der Waals surface area contributed by atoms with E-state index in [2.05, 4.69) is 17.6 Å². The molecule has 0 saturated carbocycles. The summed E-state index contributed by atoms with van der Waals surface area (Å²) in [5, 5.41) is 8.90. The number of aromatic nitrogens is 1. The summed E-state index contributed by atoms with van der Waals surface area (Å²) in [7, 11) is 1.67. The molecule has 0 bridgehead atoms. The third-order valence-corrected chi connectivity index (χ3v) is 3.97. The molecule has 0 fully saturated rings. The van der Waals surface area contributed by atoms with E-state index in [1.807, 2.05) is 19.9 Å². The number of ketones is 1. The van der Waals surface area contributed by atoms with Gasteiger partial charge in [-0.05, 0) is 45.0 Å². The molecule has 0 aliphatic rings. The Bertz CT molecular complexity index is 771. The van der Waals surface area contributed by atoms with Gasteiger partial charge in [-0.15, -0.1) is 0 Å². The lowest BCUT2D eigenvalue weighted by Gasteiger charge is -2.17. The Kier molecular flexibility index (Phi) is 5.78. The molecule has 126 valence electrons. The third-order valence-electron chi connectivity index (χ3n) is 3.97. The van der Waals surface area contributed by atoms with Crippen LogP contribution in [0.1, 0.15) is 40.3 Å². The molecule has 1 unspecified atom stereocenters. The molecule has 1 atom stereocenters. The van der Waals surface area contributed by atoms with Gasteiger partial charge in [-0.25, -0.2) is 0 Å². The fourth-order valence-corrected chi connectivity index (χ4v) is 2.94. The second kappa shape index (κ2) is 7.80. The smallest absolute Gasteiger partial charge is 0.202 e. The first-order valence-electron chi connectivity index (χ1n) is 7.81. The summed E-state index contributed by atoms with van der Waals surface area (Å²) in [6, 6.07) is 10.9. The maximum absolute atomic E-state index is 12.5. The predicted octanol–water partition coefficient (Wildman–Crippen LogP) is 3.45. The number of hydrogen-bond donors (Lipinski definition) is 0. The van der Waals surface area contributed by atoms with Crippen molar-refractivity contribution in [1.29, 1.82) is 5.26 Å². The van der Waals surface area contributed by atoms with Gasteiger partial charge in [0, 0.05) is 24.1 Å². The Balaban J connectivity index is 2.13. The molecule has 5 heteroatoms. The zero-order chi connectivity index (χ0) is 17.7. The second-order valence-electron chi connectivity index (χ2n) is 5.81. The summed E-state index contributed by atoms with van der Waals surface area (Å²) in [5.74, 6) is 0.435. The van der Waals surface area contributed by atoms with Gasteiger partial charge in [0.05, 0.1) is 24.3 Å². The van der Waals surface area contributed by atoms with Gasteiger partial charge in [-0.1, -0.05) is 6.07 Å². The summed E-state index contributed by atoms with van der Waals surface area (Å²) in [4.78, 5) is 12.5.